The van der Waals surface area contributed by atoms with Crippen LogP contribution < -0.4 is 0 Å². The number of hydrogen-bond donors (Lipinski definition) is 0. The predicted molar refractivity (Wildman–Crippen MR) is 44.5 cm³/mol. The zero-order valence-electron chi connectivity index (χ0n) is 7.19. The third-order valence-electron chi connectivity index (χ3n) is 2.08. The Kier molecular flexibility index (Phi) is 3.44. The molecule has 0 N–H and O–H groups in total. The monoisotopic (exact) mass is 146 g/mol. The zero-order valence-corrected chi connectivity index (χ0v) is 9.19. The van der Waals surface area contributed by atoms with Crippen LogP contribution in [0.4, 0.5) is 0 Å². The summed E-state index contributed by atoms with van der Waals surface area (Å²) >= 11 is 0. The molecule has 0 unspecified atom stereocenters. The molecule has 1 nitrogen and oxygen atoms in total. The standard InChI is InChI=1S/C7H18OSi/c1-6(2)7(3,4)5-8-9/h6H,5H2,1-4,9H3. The van der Waals surface area contributed by atoms with Gasteiger partial charge < -0.3 is 4.43 Å². The summed E-state index contributed by atoms with van der Waals surface area (Å²) in [6.45, 7) is 9.88. The SMILES string of the molecule is CC(C)C(C)(C)CO[SiH3]. The lowest BCUT2D eigenvalue weighted by Gasteiger charge is -2.28. The normalized spacial score (nSPS) is 13.0. The molecule has 0 bridgehead atoms. The lowest BCUT2D eigenvalue weighted by molar-refractivity contribution is 0.139. The van der Waals surface area contributed by atoms with Crippen LogP contribution in [0.15, 0.2) is 0 Å². The minimum Gasteiger partial charge on any atom is -0.427 e. The van der Waals surface area contributed by atoms with Gasteiger partial charge in [0, 0.05) is 6.61 Å². The summed E-state index contributed by atoms with van der Waals surface area (Å²) in [6, 6.07) is 0. The molecule has 0 saturated heterocycles. The average Bonchev–Trinajstić information content (AvgIpc) is 1.65. The van der Waals surface area contributed by atoms with Gasteiger partial charge in [-0.25, -0.2) is 0 Å². The Morgan fingerprint density at radius 2 is 1.89 bits per heavy atom. The van der Waals surface area contributed by atoms with E-state index in [2.05, 4.69) is 27.7 Å². The minimum absolute atomic E-state index is 0.363. The van der Waals surface area contributed by atoms with E-state index < -0.39 is 0 Å². The number of hydrogen-bond acceptors (Lipinski definition) is 1. The molecule has 0 atom stereocenters. The maximum Gasteiger partial charge on any atom is 0.145 e. The lowest BCUT2D eigenvalue weighted by atomic mass is 9.82. The Hall–Kier alpha value is 0.177. The van der Waals surface area contributed by atoms with Gasteiger partial charge >= 0.3 is 0 Å². The number of rotatable bonds is 3. The van der Waals surface area contributed by atoms with E-state index in [0.29, 0.717) is 11.3 Å². The van der Waals surface area contributed by atoms with Crippen LogP contribution >= 0.6 is 0 Å². The van der Waals surface area contributed by atoms with E-state index in [1.807, 2.05) is 0 Å². The van der Waals surface area contributed by atoms with Gasteiger partial charge in [0.15, 0.2) is 0 Å². The van der Waals surface area contributed by atoms with Crippen molar-refractivity contribution in [1.82, 2.24) is 0 Å². The highest BCUT2D eigenvalue weighted by Crippen LogP contribution is 2.25. The highest BCUT2D eigenvalue weighted by Gasteiger charge is 2.20. The molecular formula is C7H18OSi. The van der Waals surface area contributed by atoms with Crippen molar-refractivity contribution < 1.29 is 4.43 Å². The maximum atomic E-state index is 5.21. The van der Waals surface area contributed by atoms with Crippen LogP contribution in [-0.2, 0) is 4.43 Å². The Morgan fingerprint density at radius 1 is 1.44 bits per heavy atom. The first-order valence-electron chi connectivity index (χ1n) is 3.49. The van der Waals surface area contributed by atoms with E-state index >= 15 is 0 Å². The van der Waals surface area contributed by atoms with E-state index in [1.54, 1.807) is 0 Å². The van der Waals surface area contributed by atoms with Gasteiger partial charge in [-0.3, -0.25) is 0 Å². The molecule has 0 heterocycles. The summed E-state index contributed by atoms with van der Waals surface area (Å²) in [5.41, 5.74) is 0.363. The molecule has 0 aromatic rings. The molecule has 56 valence electrons. The van der Waals surface area contributed by atoms with Crippen molar-refractivity contribution in [3.63, 3.8) is 0 Å². The van der Waals surface area contributed by atoms with Gasteiger partial charge in [-0.2, -0.15) is 0 Å². The van der Waals surface area contributed by atoms with Crippen molar-refractivity contribution in [2.45, 2.75) is 27.7 Å². The molecule has 0 rings (SSSR count). The lowest BCUT2D eigenvalue weighted by Crippen LogP contribution is -2.24. The maximum absolute atomic E-state index is 5.21. The average molecular weight is 146 g/mol. The van der Waals surface area contributed by atoms with Crippen molar-refractivity contribution in [3.05, 3.63) is 0 Å². The second kappa shape index (κ2) is 3.37. The molecule has 0 spiro atoms. The fourth-order valence-corrected chi connectivity index (χ4v) is 1.28. The smallest absolute Gasteiger partial charge is 0.145 e. The molecule has 0 aromatic carbocycles. The van der Waals surface area contributed by atoms with E-state index in [1.165, 1.54) is 0 Å². The fourth-order valence-electron chi connectivity index (χ4n) is 0.539. The van der Waals surface area contributed by atoms with Gasteiger partial charge in [-0.15, -0.1) is 0 Å². The summed E-state index contributed by atoms with van der Waals surface area (Å²) in [5.74, 6) is 0.714. The van der Waals surface area contributed by atoms with Crippen molar-refractivity contribution in [3.8, 4) is 0 Å². The van der Waals surface area contributed by atoms with Crippen LogP contribution in [0, 0.1) is 11.3 Å². The third kappa shape index (κ3) is 3.01. The van der Waals surface area contributed by atoms with Gasteiger partial charge in [-0.1, -0.05) is 27.7 Å². The third-order valence-corrected chi connectivity index (χ3v) is 2.37. The van der Waals surface area contributed by atoms with E-state index in [4.69, 9.17) is 4.43 Å². The second-order valence-electron chi connectivity index (χ2n) is 3.58. The zero-order chi connectivity index (χ0) is 7.49. The summed E-state index contributed by atoms with van der Waals surface area (Å²) in [7, 11) is 0.866. The molecular weight excluding hydrogens is 128 g/mol. The first-order chi connectivity index (χ1) is 4.00. The highest BCUT2D eigenvalue weighted by atomic mass is 28.2. The van der Waals surface area contributed by atoms with Crippen molar-refractivity contribution in [2.75, 3.05) is 6.61 Å². The van der Waals surface area contributed by atoms with Crippen LogP contribution in [0.3, 0.4) is 0 Å². The van der Waals surface area contributed by atoms with Gasteiger partial charge in [-0.05, 0) is 11.3 Å². The molecule has 0 saturated carbocycles. The van der Waals surface area contributed by atoms with E-state index in [9.17, 15) is 0 Å². The second-order valence-corrected chi connectivity index (χ2v) is 4.15. The summed E-state index contributed by atoms with van der Waals surface area (Å²) < 4.78 is 5.21. The predicted octanol–water partition coefficient (Wildman–Crippen LogP) is 0.966. The van der Waals surface area contributed by atoms with Gasteiger partial charge in [0.2, 0.25) is 0 Å². The van der Waals surface area contributed by atoms with Crippen molar-refractivity contribution >= 4 is 10.5 Å². The first kappa shape index (κ1) is 9.18. The topological polar surface area (TPSA) is 9.23 Å². The van der Waals surface area contributed by atoms with Crippen LogP contribution in [-0.4, -0.2) is 17.1 Å². The van der Waals surface area contributed by atoms with Crippen LogP contribution in [0.25, 0.3) is 0 Å². The molecule has 0 aliphatic heterocycles. The molecule has 0 fully saturated rings. The highest BCUT2D eigenvalue weighted by molar-refractivity contribution is 5.97. The van der Waals surface area contributed by atoms with E-state index in [0.717, 1.165) is 17.1 Å². The Bertz CT molecular complexity index is 79.0. The quantitative estimate of drug-likeness (QED) is 0.539. The van der Waals surface area contributed by atoms with Crippen LogP contribution in [0.2, 0.25) is 0 Å². The van der Waals surface area contributed by atoms with Gasteiger partial charge in [0.05, 0.1) is 0 Å². The minimum atomic E-state index is 0.363. The molecule has 0 aliphatic carbocycles. The molecule has 9 heavy (non-hydrogen) atoms. The van der Waals surface area contributed by atoms with Crippen LogP contribution in [0.1, 0.15) is 27.7 Å². The molecule has 0 aromatic heterocycles. The molecule has 0 aliphatic rings. The van der Waals surface area contributed by atoms with Gasteiger partial charge in [0.25, 0.3) is 0 Å². The first-order valence-corrected chi connectivity index (χ1v) is 4.31. The van der Waals surface area contributed by atoms with Crippen molar-refractivity contribution in [1.29, 1.82) is 0 Å². The molecule has 0 radical (unpaired) electrons. The van der Waals surface area contributed by atoms with Crippen molar-refractivity contribution in [2.24, 2.45) is 11.3 Å². The fraction of sp³-hybridized carbons (Fsp3) is 1.00. The largest absolute Gasteiger partial charge is 0.427 e. The van der Waals surface area contributed by atoms with Gasteiger partial charge in [0.1, 0.15) is 10.5 Å². The summed E-state index contributed by atoms with van der Waals surface area (Å²) in [5, 5.41) is 0. The Balaban J connectivity index is 3.70. The van der Waals surface area contributed by atoms with E-state index in [-0.39, 0.29) is 0 Å². The summed E-state index contributed by atoms with van der Waals surface area (Å²) in [6.07, 6.45) is 0. The Morgan fingerprint density at radius 3 is 2.00 bits per heavy atom. The molecule has 0 amide bonds. The Labute approximate surface area is 61.3 Å². The van der Waals surface area contributed by atoms with Crippen LogP contribution in [0.5, 0.6) is 0 Å². The molecule has 2 heteroatoms. The summed E-state index contributed by atoms with van der Waals surface area (Å²) in [4.78, 5) is 0.